The van der Waals surface area contributed by atoms with Crippen LogP contribution >= 0.6 is 0 Å². The molecule has 0 aromatic carbocycles. The van der Waals surface area contributed by atoms with E-state index in [9.17, 15) is 4.79 Å². The minimum absolute atomic E-state index is 0.0895. The van der Waals surface area contributed by atoms with Crippen molar-refractivity contribution >= 4 is 5.97 Å². The average Bonchev–Trinajstić information content (AvgIpc) is 2.76. The highest BCUT2D eigenvalue weighted by molar-refractivity contribution is 5.66. The lowest BCUT2D eigenvalue weighted by Crippen LogP contribution is -2.31. The second-order valence-electron chi connectivity index (χ2n) is 3.51. The molecule has 1 N–H and O–H groups in total. The predicted octanol–water partition coefficient (Wildman–Crippen LogP) is 0.820. The van der Waals surface area contributed by atoms with Gasteiger partial charge >= 0.3 is 5.97 Å². The molecule has 0 unspecified atom stereocenters. The number of carbonyl (C=O) groups is 1. The topological polar surface area (TPSA) is 74.4 Å². The predicted molar refractivity (Wildman–Crippen MR) is 53.3 cm³/mol. The van der Waals surface area contributed by atoms with Crippen LogP contribution in [0.2, 0.25) is 0 Å². The van der Waals surface area contributed by atoms with Crippen LogP contribution in [0, 0.1) is 0 Å². The summed E-state index contributed by atoms with van der Waals surface area (Å²) in [4.78, 5) is 21.5. The molecule has 0 amide bonds. The molecule has 0 aromatic heterocycles. The van der Waals surface area contributed by atoms with Gasteiger partial charge in [0.15, 0.2) is 7.11 Å². The maximum atomic E-state index is 10.2. The number of carboxylic acids is 1. The molecule has 0 atom stereocenters. The molecule has 92 valence electrons. The van der Waals surface area contributed by atoms with E-state index in [-0.39, 0.29) is 13.0 Å². The summed E-state index contributed by atoms with van der Waals surface area (Å²) in [5.74, 6) is -0.827. The Balaban J connectivity index is 2.21. The normalized spacial score (nSPS) is 16.3. The highest BCUT2D eigenvalue weighted by atomic mass is 16.8. The molecule has 1 aliphatic rings. The summed E-state index contributed by atoms with van der Waals surface area (Å²) in [6.07, 6.45) is 2.77. The van der Waals surface area contributed by atoms with E-state index in [0.717, 1.165) is 25.9 Å². The van der Waals surface area contributed by atoms with Crippen LogP contribution in [0.1, 0.15) is 25.7 Å². The zero-order valence-electron chi connectivity index (χ0n) is 9.46. The summed E-state index contributed by atoms with van der Waals surface area (Å²) < 4.78 is 0. The van der Waals surface area contributed by atoms with E-state index in [2.05, 4.69) is 5.28 Å². The first-order chi connectivity index (χ1) is 7.74. The highest BCUT2D eigenvalue weighted by Crippen LogP contribution is 2.08. The molecule has 7 nitrogen and oxygen atoms in total. The standard InChI is InChI=1S/C9H17N3O4/c1-15-12(11-6-2-3-7-11)10-16-8-4-5-9(13)14/h2-8H2,1H3/p+1/b12-10-. The van der Waals surface area contributed by atoms with Gasteiger partial charge in [0, 0.05) is 6.42 Å². The summed E-state index contributed by atoms with van der Waals surface area (Å²) >= 11 is 0. The maximum absolute atomic E-state index is 10.2. The second-order valence-corrected chi connectivity index (χ2v) is 3.51. The van der Waals surface area contributed by atoms with E-state index < -0.39 is 5.97 Å². The van der Waals surface area contributed by atoms with Crippen molar-refractivity contribution in [2.24, 2.45) is 5.28 Å². The Morgan fingerprint density at radius 1 is 1.50 bits per heavy atom. The fourth-order valence-corrected chi connectivity index (χ4v) is 1.45. The van der Waals surface area contributed by atoms with Crippen LogP contribution in [0.25, 0.3) is 0 Å². The Morgan fingerprint density at radius 2 is 2.19 bits per heavy atom. The van der Waals surface area contributed by atoms with Crippen molar-refractivity contribution < 1.29 is 24.5 Å². The van der Waals surface area contributed by atoms with Gasteiger partial charge in [-0.3, -0.25) is 4.79 Å². The van der Waals surface area contributed by atoms with Gasteiger partial charge in [-0.1, -0.05) is 0 Å². The first kappa shape index (κ1) is 12.5. The molecule has 7 heteroatoms. The van der Waals surface area contributed by atoms with E-state index in [1.165, 1.54) is 12.1 Å². The quantitative estimate of drug-likeness (QED) is 0.304. The number of carboxylic acid groups (broad SMARTS) is 1. The largest absolute Gasteiger partial charge is 0.481 e. The Morgan fingerprint density at radius 3 is 2.75 bits per heavy atom. The molecule has 1 saturated heterocycles. The highest BCUT2D eigenvalue weighted by Gasteiger charge is 2.25. The van der Waals surface area contributed by atoms with E-state index in [4.69, 9.17) is 14.8 Å². The molecule has 0 radical (unpaired) electrons. The maximum Gasteiger partial charge on any atom is 0.303 e. The molecular formula is C9H18N3O4+. The molecule has 16 heavy (non-hydrogen) atoms. The van der Waals surface area contributed by atoms with Crippen LogP contribution in [0.3, 0.4) is 0 Å². The molecule has 0 aromatic rings. The smallest absolute Gasteiger partial charge is 0.303 e. The Kier molecular flexibility index (Phi) is 5.38. The lowest BCUT2D eigenvalue weighted by atomic mass is 10.3. The Labute approximate surface area is 94.1 Å². The van der Waals surface area contributed by atoms with Crippen molar-refractivity contribution in [1.29, 1.82) is 0 Å². The first-order valence-electron chi connectivity index (χ1n) is 5.38. The zero-order chi connectivity index (χ0) is 11.8. The number of nitrogens with zero attached hydrogens (tertiary/aromatic N) is 3. The number of hydrogen-bond donors (Lipinski definition) is 1. The minimum atomic E-state index is -0.827. The molecule has 1 rings (SSSR count). The minimum Gasteiger partial charge on any atom is -0.481 e. The number of aliphatic carboxylic acids is 1. The molecule has 0 aliphatic carbocycles. The third-order valence-electron chi connectivity index (χ3n) is 2.24. The fourth-order valence-electron chi connectivity index (χ4n) is 1.45. The third kappa shape index (κ3) is 4.33. The fraction of sp³-hybridized carbons (Fsp3) is 0.889. The van der Waals surface area contributed by atoms with Gasteiger partial charge in [-0.2, -0.15) is 0 Å². The molecule has 1 fully saturated rings. The van der Waals surface area contributed by atoms with Crippen LogP contribution in [0.5, 0.6) is 0 Å². The van der Waals surface area contributed by atoms with Crippen molar-refractivity contribution in [2.75, 3.05) is 26.8 Å². The number of hydrogen-bond acceptors (Lipinski definition) is 4. The monoisotopic (exact) mass is 232 g/mol. The Hall–Kier alpha value is -1.53. The van der Waals surface area contributed by atoms with E-state index in [0.29, 0.717) is 6.42 Å². The van der Waals surface area contributed by atoms with Crippen LogP contribution in [-0.2, 0) is 14.5 Å². The lowest BCUT2D eigenvalue weighted by Gasteiger charge is -2.05. The van der Waals surface area contributed by atoms with Gasteiger partial charge < -0.3 is 9.94 Å². The SMILES string of the molecule is CO/[N+](=N\OCCCC(=O)O)N1CCCC1. The molecule has 0 spiro atoms. The van der Waals surface area contributed by atoms with Crippen LogP contribution in [0.4, 0.5) is 0 Å². The van der Waals surface area contributed by atoms with E-state index >= 15 is 0 Å². The summed E-state index contributed by atoms with van der Waals surface area (Å²) in [5.41, 5.74) is 0. The summed E-state index contributed by atoms with van der Waals surface area (Å²) in [5, 5.41) is 14.1. The van der Waals surface area contributed by atoms with Crippen LogP contribution in [0.15, 0.2) is 5.28 Å². The zero-order valence-corrected chi connectivity index (χ0v) is 9.46. The molecule has 0 saturated carbocycles. The lowest BCUT2D eigenvalue weighted by molar-refractivity contribution is -0.941. The van der Waals surface area contributed by atoms with Crippen molar-refractivity contribution in [2.45, 2.75) is 25.7 Å². The van der Waals surface area contributed by atoms with Gasteiger partial charge in [-0.25, -0.2) is 4.84 Å². The van der Waals surface area contributed by atoms with Crippen LogP contribution in [-0.4, -0.2) is 47.9 Å². The second kappa shape index (κ2) is 6.86. The van der Waals surface area contributed by atoms with Crippen molar-refractivity contribution in [3.63, 3.8) is 0 Å². The van der Waals surface area contributed by atoms with Crippen molar-refractivity contribution in [1.82, 2.24) is 5.01 Å². The molecule has 1 heterocycles. The summed E-state index contributed by atoms with van der Waals surface area (Å²) in [6, 6.07) is 0. The van der Waals surface area contributed by atoms with E-state index in [1.807, 2.05) is 5.01 Å². The summed E-state index contributed by atoms with van der Waals surface area (Å²) in [6.45, 7) is 2.08. The van der Waals surface area contributed by atoms with Gasteiger partial charge in [0.2, 0.25) is 0 Å². The third-order valence-corrected chi connectivity index (χ3v) is 2.24. The average molecular weight is 232 g/mol. The van der Waals surface area contributed by atoms with Gasteiger partial charge in [-0.15, -0.1) is 5.01 Å². The van der Waals surface area contributed by atoms with Crippen LogP contribution < -0.4 is 0 Å². The first-order valence-corrected chi connectivity index (χ1v) is 5.38. The number of rotatable bonds is 7. The van der Waals surface area contributed by atoms with Gasteiger partial charge in [0.25, 0.3) is 10.2 Å². The van der Waals surface area contributed by atoms with E-state index in [1.54, 1.807) is 0 Å². The van der Waals surface area contributed by atoms with Gasteiger partial charge in [0.05, 0.1) is 13.1 Å². The van der Waals surface area contributed by atoms with Gasteiger partial charge in [-0.05, 0) is 19.3 Å². The van der Waals surface area contributed by atoms with Crippen molar-refractivity contribution in [3.8, 4) is 0 Å². The number of hydrazine groups is 1. The van der Waals surface area contributed by atoms with Gasteiger partial charge in [0.1, 0.15) is 6.61 Å². The molecule has 0 bridgehead atoms. The summed E-state index contributed by atoms with van der Waals surface area (Å²) in [7, 11) is 1.52. The Bertz CT molecular complexity index is 251. The molecule has 1 aliphatic heterocycles. The molecular weight excluding hydrogens is 214 g/mol. The van der Waals surface area contributed by atoms with Crippen molar-refractivity contribution in [3.05, 3.63) is 0 Å².